The normalized spacial score (nSPS) is 15.2. The Balaban J connectivity index is 2.02. The van der Waals surface area contributed by atoms with E-state index in [0.717, 1.165) is 22.9 Å². The Morgan fingerprint density at radius 1 is 1.60 bits per heavy atom. The number of phenolic OH excluding ortho intramolecular Hbond substituents is 1. The van der Waals surface area contributed by atoms with Crippen molar-refractivity contribution in [2.45, 2.75) is 12.8 Å². The Morgan fingerprint density at radius 2 is 2.30 bits per heavy atom. The molecule has 106 valence electrons. The first-order chi connectivity index (χ1) is 9.51. The molecule has 0 unspecified atom stereocenters. The number of aromatic hydroxyl groups is 1. The maximum atomic E-state index is 11.7. The van der Waals surface area contributed by atoms with Crippen molar-refractivity contribution >= 4 is 28.1 Å². The van der Waals surface area contributed by atoms with Gasteiger partial charge in [0.1, 0.15) is 0 Å². The van der Waals surface area contributed by atoms with Gasteiger partial charge in [-0.25, -0.2) is 5.43 Å². The van der Waals surface area contributed by atoms with Crippen LogP contribution in [0, 0.1) is 5.92 Å². The molecule has 20 heavy (non-hydrogen) atoms. The first-order valence-electron chi connectivity index (χ1n) is 6.07. The molecule has 0 aromatic heterocycles. The molecule has 0 spiro atoms. The number of carbonyl (C=O) groups is 1. The summed E-state index contributed by atoms with van der Waals surface area (Å²) < 4.78 is 5.78. The molecule has 0 aliphatic heterocycles. The van der Waals surface area contributed by atoms with Gasteiger partial charge in [0.2, 0.25) is 5.91 Å². The van der Waals surface area contributed by atoms with Crippen LogP contribution >= 0.6 is 15.9 Å². The topological polar surface area (TPSA) is 70.9 Å². The van der Waals surface area contributed by atoms with E-state index >= 15 is 0 Å². The van der Waals surface area contributed by atoms with Gasteiger partial charge in [0, 0.05) is 16.0 Å². The van der Waals surface area contributed by atoms with Crippen molar-refractivity contribution in [1.29, 1.82) is 0 Å². The minimum absolute atomic E-state index is 0.0225. The van der Waals surface area contributed by atoms with Gasteiger partial charge in [0.05, 0.1) is 13.3 Å². The Bertz CT molecular complexity index is 576. The zero-order chi connectivity index (χ0) is 14.7. The van der Waals surface area contributed by atoms with Crippen molar-refractivity contribution in [3.63, 3.8) is 0 Å². The van der Waals surface area contributed by atoms with Crippen molar-refractivity contribution in [2.75, 3.05) is 7.11 Å². The van der Waals surface area contributed by atoms with Gasteiger partial charge in [-0.1, -0.05) is 28.1 Å². The van der Waals surface area contributed by atoms with Crippen LogP contribution < -0.4 is 10.2 Å². The predicted molar refractivity (Wildman–Crippen MR) is 80.0 cm³/mol. The zero-order valence-electron chi connectivity index (χ0n) is 11.0. The maximum absolute atomic E-state index is 11.7. The summed E-state index contributed by atoms with van der Waals surface area (Å²) in [5.74, 6) is 0.147. The number of nitrogens with zero attached hydrogens (tertiary/aromatic N) is 1. The highest BCUT2D eigenvalue weighted by molar-refractivity contribution is 9.10. The molecular formula is C14H15BrN2O3. The van der Waals surface area contributed by atoms with Gasteiger partial charge in [0.15, 0.2) is 11.5 Å². The second-order valence-electron chi connectivity index (χ2n) is 4.64. The molecule has 6 heteroatoms. The number of hydrogen-bond acceptors (Lipinski definition) is 4. The maximum Gasteiger partial charge on any atom is 0.243 e. The number of phenols is 1. The highest BCUT2D eigenvalue weighted by Gasteiger charge is 2.28. The van der Waals surface area contributed by atoms with Gasteiger partial charge < -0.3 is 9.84 Å². The van der Waals surface area contributed by atoms with Gasteiger partial charge in [0.25, 0.3) is 0 Å². The van der Waals surface area contributed by atoms with E-state index in [4.69, 9.17) is 4.74 Å². The minimum atomic E-state index is -0.130. The number of benzene rings is 1. The SMILES string of the molecule is C=C1CC(C(=O)N/N=C\c2cc(Br)cc(OC)c2O)C1. The lowest BCUT2D eigenvalue weighted by molar-refractivity contribution is -0.126. The molecule has 0 saturated heterocycles. The molecule has 1 aromatic rings. The van der Waals surface area contributed by atoms with Crippen molar-refractivity contribution in [3.05, 3.63) is 34.3 Å². The van der Waals surface area contributed by atoms with Crippen molar-refractivity contribution in [2.24, 2.45) is 11.0 Å². The van der Waals surface area contributed by atoms with Gasteiger partial charge in [-0.15, -0.1) is 0 Å². The van der Waals surface area contributed by atoms with E-state index in [1.165, 1.54) is 13.3 Å². The number of allylic oxidation sites excluding steroid dienone is 1. The number of methoxy groups -OCH3 is 1. The number of hydrazone groups is 1. The second-order valence-corrected chi connectivity index (χ2v) is 5.55. The molecule has 1 aliphatic carbocycles. The largest absolute Gasteiger partial charge is 0.504 e. The molecule has 1 amide bonds. The van der Waals surface area contributed by atoms with E-state index < -0.39 is 0 Å². The fraction of sp³-hybridized carbons (Fsp3) is 0.286. The number of amides is 1. The van der Waals surface area contributed by atoms with Crippen LogP contribution in [0.2, 0.25) is 0 Å². The van der Waals surface area contributed by atoms with Crippen LogP contribution in [0.3, 0.4) is 0 Å². The first kappa shape index (κ1) is 14.6. The third-order valence-corrected chi connectivity index (χ3v) is 3.57. The summed E-state index contributed by atoms with van der Waals surface area (Å²) in [6.07, 6.45) is 2.82. The fourth-order valence-corrected chi connectivity index (χ4v) is 2.38. The number of ether oxygens (including phenoxy) is 1. The van der Waals surface area contributed by atoms with Crippen LogP contribution in [-0.2, 0) is 4.79 Å². The molecule has 0 atom stereocenters. The zero-order valence-corrected chi connectivity index (χ0v) is 12.6. The Labute approximate surface area is 125 Å². The summed E-state index contributed by atoms with van der Waals surface area (Å²) in [7, 11) is 1.47. The second kappa shape index (κ2) is 6.09. The standard InChI is InChI=1S/C14H15BrN2O3/c1-8-3-9(4-8)14(19)17-16-7-10-5-11(15)6-12(20-2)13(10)18/h5-7,9,18H,1,3-4H2,2H3,(H,17,19)/b16-7-. The molecule has 2 rings (SSSR count). The number of rotatable bonds is 4. The summed E-state index contributed by atoms with van der Waals surface area (Å²) in [5, 5.41) is 13.8. The molecule has 1 saturated carbocycles. The van der Waals surface area contributed by atoms with Crippen LogP contribution in [0.1, 0.15) is 18.4 Å². The summed E-state index contributed by atoms with van der Waals surface area (Å²) in [4.78, 5) is 11.7. The minimum Gasteiger partial charge on any atom is -0.504 e. The molecular weight excluding hydrogens is 324 g/mol. The lowest BCUT2D eigenvalue weighted by Gasteiger charge is -2.25. The van der Waals surface area contributed by atoms with E-state index in [2.05, 4.69) is 33.0 Å². The van der Waals surface area contributed by atoms with E-state index in [0.29, 0.717) is 11.3 Å². The average Bonchev–Trinajstić information content (AvgIpc) is 2.38. The molecule has 1 aromatic carbocycles. The van der Waals surface area contributed by atoms with Gasteiger partial charge in [-0.3, -0.25) is 4.79 Å². The fourth-order valence-electron chi connectivity index (χ4n) is 1.93. The molecule has 0 bridgehead atoms. The number of nitrogens with one attached hydrogen (secondary N) is 1. The smallest absolute Gasteiger partial charge is 0.243 e. The predicted octanol–water partition coefficient (Wildman–Crippen LogP) is 2.58. The summed E-state index contributed by atoms with van der Waals surface area (Å²) in [6.45, 7) is 3.79. The number of halogens is 1. The third kappa shape index (κ3) is 3.19. The number of carbonyl (C=O) groups excluding carboxylic acids is 1. The molecule has 0 radical (unpaired) electrons. The molecule has 5 nitrogen and oxygen atoms in total. The third-order valence-electron chi connectivity index (χ3n) is 3.11. The van der Waals surface area contributed by atoms with Crippen molar-refractivity contribution in [3.8, 4) is 11.5 Å². The van der Waals surface area contributed by atoms with Crippen molar-refractivity contribution in [1.82, 2.24) is 5.43 Å². The van der Waals surface area contributed by atoms with E-state index in [9.17, 15) is 9.90 Å². The molecule has 2 N–H and O–H groups in total. The van der Waals surface area contributed by atoms with E-state index in [1.54, 1.807) is 12.1 Å². The Hall–Kier alpha value is -1.82. The summed E-state index contributed by atoms with van der Waals surface area (Å²) >= 11 is 3.31. The Morgan fingerprint density at radius 3 is 2.90 bits per heavy atom. The van der Waals surface area contributed by atoms with E-state index in [-0.39, 0.29) is 17.6 Å². The van der Waals surface area contributed by atoms with Crippen LogP contribution in [0.4, 0.5) is 0 Å². The van der Waals surface area contributed by atoms with Crippen LogP contribution in [0.5, 0.6) is 11.5 Å². The molecule has 0 heterocycles. The van der Waals surface area contributed by atoms with E-state index in [1.807, 2.05) is 0 Å². The van der Waals surface area contributed by atoms with Gasteiger partial charge in [-0.05, 0) is 25.0 Å². The highest BCUT2D eigenvalue weighted by Crippen LogP contribution is 2.33. The van der Waals surface area contributed by atoms with Crippen molar-refractivity contribution < 1.29 is 14.6 Å². The van der Waals surface area contributed by atoms with Gasteiger partial charge in [-0.2, -0.15) is 5.10 Å². The highest BCUT2D eigenvalue weighted by atomic mass is 79.9. The number of hydrogen-bond donors (Lipinski definition) is 2. The average molecular weight is 339 g/mol. The van der Waals surface area contributed by atoms with Crippen LogP contribution in [-0.4, -0.2) is 24.3 Å². The lowest BCUT2D eigenvalue weighted by atomic mass is 9.81. The Kier molecular flexibility index (Phi) is 4.44. The first-order valence-corrected chi connectivity index (χ1v) is 6.86. The van der Waals surface area contributed by atoms with Crippen LogP contribution in [0.15, 0.2) is 33.9 Å². The lowest BCUT2D eigenvalue weighted by Crippen LogP contribution is -2.32. The molecule has 1 aliphatic rings. The summed E-state index contributed by atoms with van der Waals surface area (Å²) in [6, 6.07) is 3.32. The summed E-state index contributed by atoms with van der Waals surface area (Å²) in [5.41, 5.74) is 4.00. The van der Waals surface area contributed by atoms with Crippen LogP contribution in [0.25, 0.3) is 0 Å². The quantitative estimate of drug-likeness (QED) is 0.503. The monoisotopic (exact) mass is 338 g/mol. The molecule has 1 fully saturated rings. The van der Waals surface area contributed by atoms with Gasteiger partial charge >= 0.3 is 0 Å².